The van der Waals surface area contributed by atoms with Crippen LogP contribution in [0.5, 0.6) is 5.88 Å². The number of benzene rings is 1. The Morgan fingerprint density at radius 1 is 1.05 bits per heavy atom. The fourth-order valence-corrected chi connectivity index (χ4v) is 3.39. The molecule has 22 heavy (non-hydrogen) atoms. The summed E-state index contributed by atoms with van der Waals surface area (Å²) < 4.78 is 5.99. The van der Waals surface area contributed by atoms with Gasteiger partial charge in [0, 0.05) is 18.7 Å². The van der Waals surface area contributed by atoms with E-state index in [1.807, 2.05) is 24.3 Å². The van der Waals surface area contributed by atoms with Gasteiger partial charge in [0.1, 0.15) is 6.61 Å². The third-order valence-electron chi connectivity index (χ3n) is 3.88. The first-order chi connectivity index (χ1) is 10.9. The molecule has 112 valence electrons. The van der Waals surface area contributed by atoms with E-state index >= 15 is 0 Å². The van der Waals surface area contributed by atoms with Crippen molar-refractivity contribution in [1.82, 2.24) is 9.97 Å². The first-order valence-corrected chi connectivity index (χ1v) is 8.50. The standard InChI is InChI=1S/C17H17N3OS/c1-2-6-15-14(5-1)18-16(20-8-3-4-9-20)17(19-15)21-11-13-7-10-22-12-13/h1-2,5-7,10,12H,3-4,8-9,11H2. The largest absolute Gasteiger partial charge is 0.470 e. The number of hydrogen-bond donors (Lipinski definition) is 0. The van der Waals surface area contributed by atoms with E-state index in [1.54, 1.807) is 11.3 Å². The molecule has 1 aliphatic rings. The Labute approximate surface area is 133 Å². The Morgan fingerprint density at radius 3 is 2.55 bits per heavy atom. The van der Waals surface area contributed by atoms with Gasteiger partial charge in [0.15, 0.2) is 5.82 Å². The third kappa shape index (κ3) is 2.64. The van der Waals surface area contributed by atoms with Crippen molar-refractivity contribution in [2.75, 3.05) is 18.0 Å². The van der Waals surface area contributed by atoms with Crippen LogP contribution in [0.3, 0.4) is 0 Å². The number of anilines is 1. The van der Waals surface area contributed by atoms with Crippen LogP contribution < -0.4 is 9.64 Å². The number of aromatic nitrogens is 2. The summed E-state index contributed by atoms with van der Waals surface area (Å²) in [5.41, 5.74) is 2.98. The lowest BCUT2D eigenvalue weighted by atomic mass is 10.3. The smallest absolute Gasteiger partial charge is 0.258 e. The van der Waals surface area contributed by atoms with Crippen molar-refractivity contribution in [2.45, 2.75) is 19.4 Å². The van der Waals surface area contributed by atoms with E-state index in [4.69, 9.17) is 14.7 Å². The average molecular weight is 311 g/mol. The van der Waals surface area contributed by atoms with E-state index in [0.29, 0.717) is 12.5 Å². The van der Waals surface area contributed by atoms with Crippen LogP contribution >= 0.6 is 11.3 Å². The van der Waals surface area contributed by atoms with Crippen molar-refractivity contribution in [3.63, 3.8) is 0 Å². The number of thiophene rings is 1. The normalized spacial score (nSPS) is 14.6. The lowest BCUT2D eigenvalue weighted by molar-refractivity contribution is 0.295. The van der Waals surface area contributed by atoms with Gasteiger partial charge >= 0.3 is 0 Å². The summed E-state index contributed by atoms with van der Waals surface area (Å²) >= 11 is 1.68. The van der Waals surface area contributed by atoms with E-state index < -0.39 is 0 Å². The topological polar surface area (TPSA) is 38.2 Å². The van der Waals surface area contributed by atoms with Crippen LogP contribution in [0.1, 0.15) is 18.4 Å². The Bertz CT molecular complexity index is 767. The van der Waals surface area contributed by atoms with Crippen molar-refractivity contribution in [3.8, 4) is 5.88 Å². The molecule has 0 spiro atoms. The summed E-state index contributed by atoms with van der Waals surface area (Å²) in [5, 5.41) is 4.16. The average Bonchev–Trinajstić information content (AvgIpc) is 3.25. The van der Waals surface area contributed by atoms with Crippen LogP contribution in [0.15, 0.2) is 41.1 Å². The zero-order valence-electron chi connectivity index (χ0n) is 12.2. The number of para-hydroxylation sites is 2. The first-order valence-electron chi connectivity index (χ1n) is 7.56. The summed E-state index contributed by atoms with van der Waals surface area (Å²) in [4.78, 5) is 11.8. The summed E-state index contributed by atoms with van der Waals surface area (Å²) in [6.45, 7) is 2.60. The summed E-state index contributed by atoms with van der Waals surface area (Å²) in [6, 6.07) is 10.0. The van der Waals surface area contributed by atoms with E-state index in [-0.39, 0.29) is 0 Å². The van der Waals surface area contributed by atoms with Gasteiger partial charge in [0.05, 0.1) is 11.0 Å². The molecule has 1 fully saturated rings. The highest BCUT2D eigenvalue weighted by Gasteiger charge is 2.20. The Kier molecular flexibility index (Phi) is 3.64. The molecule has 0 amide bonds. The first kappa shape index (κ1) is 13.5. The van der Waals surface area contributed by atoms with Crippen molar-refractivity contribution in [2.24, 2.45) is 0 Å². The van der Waals surface area contributed by atoms with Gasteiger partial charge in [-0.05, 0) is 41.8 Å². The van der Waals surface area contributed by atoms with Crippen molar-refractivity contribution in [1.29, 1.82) is 0 Å². The molecule has 1 aliphatic heterocycles. The van der Waals surface area contributed by atoms with Gasteiger partial charge < -0.3 is 9.64 Å². The highest BCUT2D eigenvalue weighted by molar-refractivity contribution is 7.07. The molecule has 0 radical (unpaired) electrons. The van der Waals surface area contributed by atoms with Gasteiger partial charge in [-0.1, -0.05) is 12.1 Å². The highest BCUT2D eigenvalue weighted by Crippen LogP contribution is 2.30. The van der Waals surface area contributed by atoms with Gasteiger partial charge in [-0.25, -0.2) is 9.97 Å². The monoisotopic (exact) mass is 311 g/mol. The minimum Gasteiger partial charge on any atom is -0.470 e. The van der Waals surface area contributed by atoms with Gasteiger partial charge in [-0.3, -0.25) is 0 Å². The molecule has 0 unspecified atom stereocenters. The molecule has 0 saturated carbocycles. The van der Waals surface area contributed by atoms with Crippen molar-refractivity contribution in [3.05, 3.63) is 46.7 Å². The molecule has 0 bridgehead atoms. The van der Waals surface area contributed by atoms with Gasteiger partial charge in [-0.2, -0.15) is 11.3 Å². The van der Waals surface area contributed by atoms with Crippen LogP contribution in [0.2, 0.25) is 0 Å². The Balaban J connectivity index is 1.70. The lowest BCUT2D eigenvalue weighted by Crippen LogP contribution is -2.20. The molecule has 4 nitrogen and oxygen atoms in total. The maximum absolute atomic E-state index is 5.99. The number of nitrogens with zero attached hydrogens (tertiary/aromatic N) is 3. The number of rotatable bonds is 4. The Morgan fingerprint density at radius 2 is 1.82 bits per heavy atom. The maximum atomic E-state index is 5.99. The second kappa shape index (κ2) is 5.93. The summed E-state index contributed by atoms with van der Waals surface area (Å²) in [7, 11) is 0. The molecular weight excluding hydrogens is 294 g/mol. The second-order valence-corrected chi connectivity index (χ2v) is 6.24. The molecule has 2 aromatic heterocycles. The molecule has 3 heterocycles. The van der Waals surface area contributed by atoms with Crippen LogP contribution in [0.25, 0.3) is 11.0 Å². The van der Waals surface area contributed by atoms with Crippen molar-refractivity contribution < 1.29 is 4.74 Å². The summed E-state index contributed by atoms with van der Waals surface area (Å²) in [6.07, 6.45) is 2.41. The molecule has 1 aromatic carbocycles. The number of hydrogen-bond acceptors (Lipinski definition) is 5. The van der Waals surface area contributed by atoms with Crippen LogP contribution in [0.4, 0.5) is 5.82 Å². The van der Waals surface area contributed by atoms with E-state index in [0.717, 1.165) is 29.9 Å². The zero-order valence-corrected chi connectivity index (χ0v) is 13.1. The lowest BCUT2D eigenvalue weighted by Gasteiger charge is -2.19. The zero-order chi connectivity index (χ0) is 14.8. The second-order valence-electron chi connectivity index (χ2n) is 5.46. The Hall–Kier alpha value is -2.14. The summed E-state index contributed by atoms with van der Waals surface area (Å²) in [5.74, 6) is 1.53. The van der Waals surface area contributed by atoms with Crippen LogP contribution in [-0.4, -0.2) is 23.1 Å². The van der Waals surface area contributed by atoms with Crippen LogP contribution in [-0.2, 0) is 6.61 Å². The molecule has 0 atom stereocenters. The molecule has 5 heteroatoms. The molecule has 0 N–H and O–H groups in total. The number of ether oxygens (including phenoxy) is 1. The SMILES string of the molecule is c1ccc2nc(N3CCCC3)c(OCc3ccsc3)nc2c1. The minimum absolute atomic E-state index is 0.539. The number of fused-ring (bicyclic) bond motifs is 1. The van der Waals surface area contributed by atoms with E-state index in [2.05, 4.69) is 21.7 Å². The van der Waals surface area contributed by atoms with Crippen molar-refractivity contribution >= 4 is 28.2 Å². The molecular formula is C17H17N3OS. The predicted octanol–water partition coefficient (Wildman–Crippen LogP) is 3.87. The molecule has 3 aromatic rings. The molecule has 1 saturated heterocycles. The minimum atomic E-state index is 0.539. The maximum Gasteiger partial charge on any atom is 0.258 e. The van der Waals surface area contributed by atoms with E-state index in [1.165, 1.54) is 18.4 Å². The van der Waals surface area contributed by atoms with Gasteiger partial charge in [0.2, 0.25) is 0 Å². The quantitative estimate of drug-likeness (QED) is 0.733. The fraction of sp³-hybridized carbons (Fsp3) is 0.294. The molecule has 0 aliphatic carbocycles. The molecule has 4 rings (SSSR count). The van der Waals surface area contributed by atoms with Gasteiger partial charge in [-0.15, -0.1) is 0 Å². The predicted molar refractivity (Wildman–Crippen MR) is 89.6 cm³/mol. The van der Waals surface area contributed by atoms with Crippen LogP contribution in [0, 0.1) is 0 Å². The fourth-order valence-electron chi connectivity index (χ4n) is 2.73. The highest BCUT2D eigenvalue weighted by atomic mass is 32.1. The third-order valence-corrected chi connectivity index (χ3v) is 4.61. The van der Waals surface area contributed by atoms with E-state index in [9.17, 15) is 0 Å². The van der Waals surface area contributed by atoms with Gasteiger partial charge in [0.25, 0.3) is 5.88 Å².